The zero-order valence-electron chi connectivity index (χ0n) is 16.2. The fourth-order valence-corrected chi connectivity index (χ4v) is 3.05. The van der Waals surface area contributed by atoms with Crippen molar-refractivity contribution < 1.29 is 22.8 Å². The van der Waals surface area contributed by atoms with Gasteiger partial charge in [-0.1, -0.05) is 29.3 Å². The minimum atomic E-state index is -4.71. The van der Waals surface area contributed by atoms with Crippen LogP contribution in [-0.4, -0.2) is 21.8 Å². The van der Waals surface area contributed by atoms with Crippen LogP contribution < -0.4 is 16.4 Å². The third-order valence-electron chi connectivity index (χ3n) is 4.31. The summed E-state index contributed by atoms with van der Waals surface area (Å²) in [7, 11) is 0. The summed E-state index contributed by atoms with van der Waals surface area (Å²) < 4.78 is 39.1. The van der Waals surface area contributed by atoms with Crippen molar-refractivity contribution in [2.75, 3.05) is 16.4 Å². The first kappa shape index (κ1) is 23.3. The molecule has 0 aliphatic heterocycles. The van der Waals surface area contributed by atoms with Crippen LogP contribution in [0.5, 0.6) is 0 Å². The van der Waals surface area contributed by atoms with Gasteiger partial charge < -0.3 is 16.4 Å². The summed E-state index contributed by atoms with van der Waals surface area (Å²) >= 11 is 11.5. The third-order valence-corrected chi connectivity index (χ3v) is 5.01. The van der Waals surface area contributed by atoms with Gasteiger partial charge in [-0.05, 0) is 42.8 Å². The average Bonchev–Trinajstić information content (AvgIpc) is 2.71. The zero-order valence-corrected chi connectivity index (χ0v) is 17.7. The molecule has 32 heavy (non-hydrogen) atoms. The Labute approximate surface area is 189 Å². The van der Waals surface area contributed by atoms with Crippen LogP contribution >= 0.6 is 23.2 Å². The molecule has 3 aromatic rings. The van der Waals surface area contributed by atoms with Crippen LogP contribution in [0.25, 0.3) is 0 Å². The number of alkyl halides is 3. The molecule has 0 fully saturated rings. The molecule has 12 heteroatoms. The Morgan fingerprint density at radius 3 is 2.41 bits per heavy atom. The van der Waals surface area contributed by atoms with Gasteiger partial charge in [-0.3, -0.25) is 9.59 Å². The Kier molecular flexibility index (Phi) is 6.56. The molecule has 0 saturated carbocycles. The summed E-state index contributed by atoms with van der Waals surface area (Å²) in [4.78, 5) is 32.5. The van der Waals surface area contributed by atoms with Gasteiger partial charge in [0.1, 0.15) is 17.2 Å². The second kappa shape index (κ2) is 9.01. The number of rotatable bonds is 4. The molecule has 0 bridgehead atoms. The highest BCUT2D eigenvalue weighted by molar-refractivity contribution is 6.36. The van der Waals surface area contributed by atoms with Crippen LogP contribution in [0.4, 0.5) is 30.4 Å². The standard InChI is InChI=1S/C20H14Cl2F3N5O2/c1-9-2-4-11(7-14(9)30-19(32)16-15(22)17(26)28-8-27-16)29-18(31)10-3-5-13(21)12(6-10)20(23,24)25/h2-8H,1H3,(H,29,31)(H,30,32)(H2,26,27,28). The van der Waals surface area contributed by atoms with Crippen LogP contribution in [-0.2, 0) is 6.18 Å². The van der Waals surface area contributed by atoms with E-state index in [4.69, 9.17) is 28.9 Å². The van der Waals surface area contributed by atoms with Crippen LogP contribution in [0.1, 0.15) is 32.0 Å². The number of hydrogen-bond donors (Lipinski definition) is 3. The topological polar surface area (TPSA) is 110 Å². The molecule has 166 valence electrons. The minimum absolute atomic E-state index is 0.0641. The van der Waals surface area contributed by atoms with Crippen molar-refractivity contribution in [1.29, 1.82) is 0 Å². The van der Waals surface area contributed by atoms with Gasteiger partial charge in [0.25, 0.3) is 11.8 Å². The number of nitrogen functional groups attached to an aromatic ring is 1. The number of nitrogens with two attached hydrogens (primary N) is 1. The van der Waals surface area contributed by atoms with E-state index in [0.717, 1.165) is 12.4 Å². The number of anilines is 3. The molecule has 7 nitrogen and oxygen atoms in total. The Balaban J connectivity index is 1.82. The van der Waals surface area contributed by atoms with E-state index in [1.54, 1.807) is 13.0 Å². The molecular formula is C20H14Cl2F3N5O2. The Bertz CT molecular complexity index is 1220. The van der Waals surface area contributed by atoms with E-state index >= 15 is 0 Å². The highest BCUT2D eigenvalue weighted by Gasteiger charge is 2.33. The molecule has 0 radical (unpaired) electrons. The van der Waals surface area contributed by atoms with Crippen molar-refractivity contribution in [3.8, 4) is 0 Å². The summed E-state index contributed by atoms with van der Waals surface area (Å²) in [5.41, 5.74) is 5.25. The molecule has 2 aromatic carbocycles. The fourth-order valence-electron chi connectivity index (χ4n) is 2.64. The molecular weight excluding hydrogens is 470 g/mol. The Morgan fingerprint density at radius 2 is 1.72 bits per heavy atom. The van der Waals surface area contributed by atoms with Gasteiger partial charge in [-0.15, -0.1) is 0 Å². The van der Waals surface area contributed by atoms with Gasteiger partial charge >= 0.3 is 6.18 Å². The van der Waals surface area contributed by atoms with E-state index in [-0.39, 0.29) is 27.8 Å². The van der Waals surface area contributed by atoms with Crippen molar-refractivity contribution in [3.63, 3.8) is 0 Å². The number of nitrogens with zero attached hydrogens (tertiary/aromatic N) is 2. The number of aromatic nitrogens is 2. The largest absolute Gasteiger partial charge is 0.417 e. The van der Waals surface area contributed by atoms with Crippen LogP contribution in [0.3, 0.4) is 0 Å². The molecule has 4 N–H and O–H groups in total. The van der Waals surface area contributed by atoms with E-state index in [1.807, 2.05) is 0 Å². The van der Waals surface area contributed by atoms with Gasteiger partial charge in [-0.25, -0.2) is 9.97 Å². The van der Waals surface area contributed by atoms with Crippen molar-refractivity contribution in [1.82, 2.24) is 9.97 Å². The lowest BCUT2D eigenvalue weighted by Crippen LogP contribution is -2.17. The number of hydrogen-bond acceptors (Lipinski definition) is 5. The SMILES string of the molecule is Cc1ccc(NC(=O)c2ccc(Cl)c(C(F)(F)F)c2)cc1NC(=O)c1ncnc(N)c1Cl. The second-order valence-electron chi connectivity index (χ2n) is 6.55. The van der Waals surface area contributed by atoms with Gasteiger partial charge in [0, 0.05) is 16.9 Å². The number of aryl methyl sites for hydroxylation is 1. The molecule has 2 amide bonds. The lowest BCUT2D eigenvalue weighted by Gasteiger charge is -2.13. The highest BCUT2D eigenvalue weighted by atomic mass is 35.5. The summed E-state index contributed by atoms with van der Waals surface area (Å²) in [6.07, 6.45) is -3.62. The molecule has 1 aromatic heterocycles. The van der Waals surface area contributed by atoms with E-state index < -0.39 is 28.6 Å². The zero-order chi connectivity index (χ0) is 23.6. The van der Waals surface area contributed by atoms with E-state index in [1.165, 1.54) is 18.2 Å². The number of carbonyl (C=O) groups is 2. The summed E-state index contributed by atoms with van der Waals surface area (Å²) in [5, 5.41) is 4.45. The van der Waals surface area contributed by atoms with E-state index in [9.17, 15) is 22.8 Å². The minimum Gasteiger partial charge on any atom is -0.382 e. The summed E-state index contributed by atoms with van der Waals surface area (Å²) in [6, 6.07) is 7.39. The first-order valence-corrected chi connectivity index (χ1v) is 9.59. The van der Waals surface area contributed by atoms with Gasteiger partial charge in [0.2, 0.25) is 0 Å². The van der Waals surface area contributed by atoms with Crippen LogP contribution in [0, 0.1) is 6.92 Å². The molecule has 3 rings (SSSR count). The van der Waals surface area contributed by atoms with E-state index in [0.29, 0.717) is 17.3 Å². The normalized spacial score (nSPS) is 11.2. The van der Waals surface area contributed by atoms with Crippen LogP contribution in [0.2, 0.25) is 10.0 Å². The quantitative estimate of drug-likeness (QED) is 0.472. The second-order valence-corrected chi connectivity index (χ2v) is 7.34. The maximum atomic E-state index is 13.0. The van der Waals surface area contributed by atoms with Gasteiger partial charge in [0.15, 0.2) is 5.69 Å². The monoisotopic (exact) mass is 483 g/mol. The number of amides is 2. The number of nitrogens with one attached hydrogen (secondary N) is 2. The average molecular weight is 484 g/mol. The van der Waals surface area contributed by atoms with Gasteiger partial charge in [0.05, 0.1) is 10.6 Å². The van der Waals surface area contributed by atoms with Crippen LogP contribution in [0.15, 0.2) is 42.7 Å². The Hall–Kier alpha value is -3.37. The molecule has 1 heterocycles. The van der Waals surface area contributed by atoms with Crippen molar-refractivity contribution >= 4 is 52.2 Å². The third kappa shape index (κ3) is 5.09. The Morgan fingerprint density at radius 1 is 1.00 bits per heavy atom. The molecule has 0 aliphatic carbocycles. The molecule has 0 unspecified atom stereocenters. The highest BCUT2D eigenvalue weighted by Crippen LogP contribution is 2.35. The first-order chi connectivity index (χ1) is 15.0. The molecule has 0 saturated heterocycles. The lowest BCUT2D eigenvalue weighted by molar-refractivity contribution is -0.137. The number of halogens is 5. The maximum absolute atomic E-state index is 13.0. The van der Waals surface area contributed by atoms with E-state index in [2.05, 4.69) is 20.6 Å². The van der Waals surface area contributed by atoms with Gasteiger partial charge in [-0.2, -0.15) is 13.2 Å². The first-order valence-electron chi connectivity index (χ1n) is 8.83. The fraction of sp³-hybridized carbons (Fsp3) is 0.100. The molecule has 0 atom stereocenters. The van der Waals surface area contributed by atoms with Crippen molar-refractivity contribution in [2.45, 2.75) is 13.1 Å². The van der Waals surface area contributed by atoms with Crippen molar-refractivity contribution in [3.05, 3.63) is 75.2 Å². The summed E-state index contributed by atoms with van der Waals surface area (Å²) in [6.45, 7) is 1.70. The molecule has 0 spiro atoms. The summed E-state index contributed by atoms with van der Waals surface area (Å²) in [5.74, 6) is -1.52. The van der Waals surface area contributed by atoms with Crippen molar-refractivity contribution in [2.24, 2.45) is 0 Å². The lowest BCUT2D eigenvalue weighted by atomic mass is 10.1. The smallest absolute Gasteiger partial charge is 0.382 e. The number of carbonyl (C=O) groups excluding carboxylic acids is 2. The maximum Gasteiger partial charge on any atom is 0.417 e. The predicted octanol–water partition coefficient (Wildman–Crippen LogP) is 5.20. The molecule has 0 aliphatic rings. The number of benzene rings is 2. The predicted molar refractivity (Wildman–Crippen MR) is 115 cm³/mol.